The van der Waals surface area contributed by atoms with Crippen LogP contribution >= 0.6 is 0 Å². The number of allylic oxidation sites excluding steroid dienone is 4. The van der Waals surface area contributed by atoms with Crippen LogP contribution in [0.5, 0.6) is 0 Å². The Labute approximate surface area is 94.5 Å². The SMILES string of the molecule is CC1=CCC(CC2CCC(C)CC2)C=C1. The first-order chi connectivity index (χ1) is 7.24. The lowest BCUT2D eigenvalue weighted by atomic mass is 9.77. The highest BCUT2D eigenvalue weighted by atomic mass is 14.3. The van der Waals surface area contributed by atoms with Crippen LogP contribution < -0.4 is 0 Å². The lowest BCUT2D eigenvalue weighted by Gasteiger charge is -2.28. The van der Waals surface area contributed by atoms with Crippen LogP contribution in [0.4, 0.5) is 0 Å². The molecule has 0 saturated heterocycles. The molecular weight excluding hydrogens is 180 g/mol. The molecule has 2 aliphatic rings. The van der Waals surface area contributed by atoms with Crippen molar-refractivity contribution in [1.82, 2.24) is 0 Å². The third-order valence-electron chi connectivity index (χ3n) is 4.15. The maximum atomic E-state index is 2.44. The monoisotopic (exact) mass is 204 g/mol. The lowest BCUT2D eigenvalue weighted by molar-refractivity contribution is 0.258. The van der Waals surface area contributed by atoms with E-state index in [1.54, 1.807) is 0 Å². The molecule has 0 aliphatic heterocycles. The smallest absolute Gasteiger partial charge is 0.0193 e. The zero-order chi connectivity index (χ0) is 10.7. The van der Waals surface area contributed by atoms with E-state index in [4.69, 9.17) is 0 Å². The van der Waals surface area contributed by atoms with Crippen molar-refractivity contribution in [2.75, 3.05) is 0 Å². The minimum absolute atomic E-state index is 0.840. The zero-order valence-corrected chi connectivity index (χ0v) is 10.2. The van der Waals surface area contributed by atoms with Gasteiger partial charge in [-0.25, -0.2) is 0 Å². The molecule has 0 radical (unpaired) electrons. The Bertz CT molecular complexity index is 251. The van der Waals surface area contributed by atoms with Gasteiger partial charge in [0.1, 0.15) is 0 Å². The van der Waals surface area contributed by atoms with E-state index in [0.29, 0.717) is 0 Å². The zero-order valence-electron chi connectivity index (χ0n) is 10.2. The summed E-state index contributed by atoms with van der Waals surface area (Å²) in [6.07, 6.45) is 15.8. The minimum Gasteiger partial charge on any atom is -0.0810 e. The highest BCUT2D eigenvalue weighted by Gasteiger charge is 2.20. The standard InChI is InChI=1S/C15H24/c1-12-3-7-14(8-4-12)11-15-9-5-13(2)6-10-15/h3-4,7,13-15H,5-6,8-11H2,1-2H3. The summed E-state index contributed by atoms with van der Waals surface area (Å²) in [4.78, 5) is 0. The summed E-state index contributed by atoms with van der Waals surface area (Å²) in [6.45, 7) is 4.61. The molecule has 0 heteroatoms. The third kappa shape index (κ3) is 3.22. The number of hydrogen-bond acceptors (Lipinski definition) is 0. The molecule has 2 rings (SSSR count). The van der Waals surface area contributed by atoms with Gasteiger partial charge in [-0.15, -0.1) is 0 Å². The molecule has 1 saturated carbocycles. The van der Waals surface area contributed by atoms with E-state index < -0.39 is 0 Å². The van der Waals surface area contributed by atoms with E-state index >= 15 is 0 Å². The Balaban J connectivity index is 1.76. The first-order valence-electron chi connectivity index (χ1n) is 6.59. The molecule has 2 aliphatic carbocycles. The van der Waals surface area contributed by atoms with Gasteiger partial charge in [0.15, 0.2) is 0 Å². The Hall–Kier alpha value is -0.520. The van der Waals surface area contributed by atoms with Crippen molar-refractivity contribution in [2.45, 2.75) is 52.4 Å². The summed E-state index contributed by atoms with van der Waals surface area (Å²) in [5.41, 5.74) is 1.45. The average Bonchev–Trinajstić information content (AvgIpc) is 2.25. The van der Waals surface area contributed by atoms with Crippen LogP contribution in [-0.2, 0) is 0 Å². The van der Waals surface area contributed by atoms with Crippen molar-refractivity contribution in [3.05, 3.63) is 23.8 Å². The number of rotatable bonds is 2. The molecule has 84 valence electrons. The van der Waals surface area contributed by atoms with Crippen molar-refractivity contribution in [3.8, 4) is 0 Å². The van der Waals surface area contributed by atoms with Crippen LogP contribution in [0.1, 0.15) is 52.4 Å². The summed E-state index contributed by atoms with van der Waals surface area (Å²) >= 11 is 0. The molecule has 0 aromatic carbocycles. The predicted molar refractivity (Wildman–Crippen MR) is 66.7 cm³/mol. The molecule has 0 aromatic rings. The normalized spacial score (nSPS) is 36.4. The van der Waals surface area contributed by atoms with Crippen molar-refractivity contribution in [1.29, 1.82) is 0 Å². The van der Waals surface area contributed by atoms with Gasteiger partial charge in [0.05, 0.1) is 0 Å². The second-order valence-electron chi connectivity index (χ2n) is 5.66. The molecule has 0 nitrogen and oxygen atoms in total. The van der Waals surface area contributed by atoms with Gasteiger partial charge in [-0.3, -0.25) is 0 Å². The average molecular weight is 204 g/mol. The van der Waals surface area contributed by atoms with E-state index in [-0.39, 0.29) is 0 Å². The molecule has 0 heterocycles. The summed E-state index contributed by atoms with van der Waals surface area (Å²) in [7, 11) is 0. The van der Waals surface area contributed by atoms with E-state index in [0.717, 1.165) is 17.8 Å². The lowest BCUT2D eigenvalue weighted by Crippen LogP contribution is -2.15. The maximum absolute atomic E-state index is 2.44. The van der Waals surface area contributed by atoms with Gasteiger partial charge in [-0.05, 0) is 37.5 Å². The summed E-state index contributed by atoms with van der Waals surface area (Å²) in [5, 5.41) is 0. The van der Waals surface area contributed by atoms with Gasteiger partial charge in [-0.1, -0.05) is 56.4 Å². The van der Waals surface area contributed by atoms with Crippen LogP contribution in [0.15, 0.2) is 23.8 Å². The van der Waals surface area contributed by atoms with Gasteiger partial charge in [0, 0.05) is 0 Å². The van der Waals surface area contributed by atoms with Crippen LogP contribution in [0, 0.1) is 17.8 Å². The summed E-state index contributed by atoms with van der Waals surface area (Å²) < 4.78 is 0. The van der Waals surface area contributed by atoms with Crippen molar-refractivity contribution in [2.24, 2.45) is 17.8 Å². The van der Waals surface area contributed by atoms with Crippen molar-refractivity contribution in [3.63, 3.8) is 0 Å². The van der Waals surface area contributed by atoms with Crippen LogP contribution in [-0.4, -0.2) is 0 Å². The van der Waals surface area contributed by atoms with Gasteiger partial charge >= 0.3 is 0 Å². The fourth-order valence-corrected chi connectivity index (χ4v) is 2.94. The molecule has 1 atom stereocenters. The third-order valence-corrected chi connectivity index (χ3v) is 4.15. The van der Waals surface area contributed by atoms with Gasteiger partial charge in [-0.2, -0.15) is 0 Å². The number of hydrogen-bond donors (Lipinski definition) is 0. The van der Waals surface area contributed by atoms with Crippen molar-refractivity contribution >= 4 is 0 Å². The molecular formula is C15H24. The highest BCUT2D eigenvalue weighted by Crippen LogP contribution is 2.34. The van der Waals surface area contributed by atoms with E-state index in [1.807, 2.05) is 0 Å². The Morgan fingerprint density at radius 3 is 2.53 bits per heavy atom. The van der Waals surface area contributed by atoms with Crippen LogP contribution in [0.3, 0.4) is 0 Å². The Morgan fingerprint density at radius 2 is 1.93 bits per heavy atom. The van der Waals surface area contributed by atoms with Crippen molar-refractivity contribution < 1.29 is 0 Å². The second-order valence-corrected chi connectivity index (χ2v) is 5.66. The Morgan fingerprint density at radius 1 is 1.20 bits per heavy atom. The van der Waals surface area contributed by atoms with E-state index in [2.05, 4.69) is 32.1 Å². The molecule has 15 heavy (non-hydrogen) atoms. The minimum atomic E-state index is 0.840. The summed E-state index contributed by atoms with van der Waals surface area (Å²) in [6, 6.07) is 0. The fraction of sp³-hybridized carbons (Fsp3) is 0.733. The topological polar surface area (TPSA) is 0 Å². The summed E-state index contributed by atoms with van der Waals surface area (Å²) in [5.74, 6) is 2.85. The maximum Gasteiger partial charge on any atom is -0.0193 e. The molecule has 1 fully saturated rings. The van der Waals surface area contributed by atoms with Crippen LogP contribution in [0.25, 0.3) is 0 Å². The predicted octanol–water partition coefficient (Wildman–Crippen LogP) is 4.73. The molecule has 0 spiro atoms. The fourth-order valence-electron chi connectivity index (χ4n) is 2.94. The molecule has 0 amide bonds. The first kappa shape index (κ1) is 11.0. The molecule has 0 N–H and O–H groups in total. The molecule has 0 aromatic heterocycles. The largest absolute Gasteiger partial charge is 0.0810 e. The molecule has 0 bridgehead atoms. The van der Waals surface area contributed by atoms with Gasteiger partial charge < -0.3 is 0 Å². The highest BCUT2D eigenvalue weighted by molar-refractivity contribution is 5.21. The second kappa shape index (κ2) is 5.01. The molecule has 1 unspecified atom stereocenters. The van der Waals surface area contributed by atoms with Gasteiger partial charge in [0.2, 0.25) is 0 Å². The first-order valence-corrected chi connectivity index (χ1v) is 6.59. The quantitative estimate of drug-likeness (QED) is 0.610. The van der Waals surface area contributed by atoms with E-state index in [1.165, 1.54) is 44.1 Å². The van der Waals surface area contributed by atoms with Gasteiger partial charge in [0.25, 0.3) is 0 Å². The van der Waals surface area contributed by atoms with E-state index in [9.17, 15) is 0 Å². The van der Waals surface area contributed by atoms with Crippen LogP contribution in [0.2, 0.25) is 0 Å². The Kier molecular flexibility index (Phi) is 3.66.